The van der Waals surface area contributed by atoms with Gasteiger partial charge in [-0.15, -0.1) is 0 Å². The first-order valence-electron chi connectivity index (χ1n) is 14.2. The summed E-state index contributed by atoms with van der Waals surface area (Å²) in [6, 6.07) is 18.8. The Morgan fingerprint density at radius 1 is 0.913 bits per heavy atom. The van der Waals surface area contributed by atoms with Gasteiger partial charge in [0, 0.05) is 21.0 Å². The maximum Gasteiger partial charge on any atom is 0.416 e. The average molecular weight is 731 g/mol. The number of carbonyl (C=O) groups excluding carboxylic acids is 3. The van der Waals surface area contributed by atoms with Crippen LogP contribution in [0.25, 0.3) is 0 Å². The predicted molar refractivity (Wildman–Crippen MR) is 175 cm³/mol. The summed E-state index contributed by atoms with van der Waals surface area (Å²) in [4.78, 5) is 55.8. The summed E-state index contributed by atoms with van der Waals surface area (Å²) in [6.45, 7) is 5.76. The van der Waals surface area contributed by atoms with Crippen LogP contribution in [0.1, 0.15) is 48.3 Å². The average Bonchev–Trinajstić information content (AvgIpc) is 3.43. The molecular weight excluding hydrogens is 703 g/mol. The van der Waals surface area contributed by atoms with Gasteiger partial charge in [-0.2, -0.15) is 13.2 Å². The first-order chi connectivity index (χ1) is 21.6. The molecule has 6 rings (SSSR count). The molecule has 2 aliphatic heterocycles. The van der Waals surface area contributed by atoms with Gasteiger partial charge in [-0.25, -0.2) is 4.90 Å². The van der Waals surface area contributed by atoms with Gasteiger partial charge < -0.3 is 5.32 Å². The van der Waals surface area contributed by atoms with Crippen molar-refractivity contribution >= 4 is 68.1 Å². The molecule has 7 nitrogen and oxygen atoms in total. The van der Waals surface area contributed by atoms with Crippen LogP contribution in [0.4, 0.5) is 24.5 Å². The first kappa shape index (κ1) is 32.3. The normalized spacial score (nSPS) is 19.6. The van der Waals surface area contributed by atoms with E-state index in [9.17, 15) is 32.3 Å². The van der Waals surface area contributed by atoms with E-state index in [1.165, 1.54) is 21.6 Å². The van der Waals surface area contributed by atoms with Gasteiger partial charge >= 0.3 is 11.0 Å². The van der Waals surface area contributed by atoms with Crippen molar-refractivity contribution in [1.29, 1.82) is 0 Å². The second kappa shape index (κ2) is 11.8. The van der Waals surface area contributed by atoms with Gasteiger partial charge in [0.05, 0.1) is 22.2 Å². The monoisotopic (exact) mass is 729 g/mol. The van der Waals surface area contributed by atoms with Gasteiger partial charge in [-0.3, -0.25) is 23.7 Å². The molecule has 238 valence electrons. The van der Waals surface area contributed by atoms with Crippen molar-refractivity contribution in [3.63, 3.8) is 0 Å². The Morgan fingerprint density at radius 2 is 1.59 bits per heavy atom. The number of amides is 3. The van der Waals surface area contributed by atoms with Crippen LogP contribution in [0.5, 0.6) is 0 Å². The molecule has 1 saturated heterocycles. The number of nitrogens with zero attached hydrogens (tertiary/aromatic N) is 2. The van der Waals surface area contributed by atoms with Crippen molar-refractivity contribution in [2.45, 2.75) is 55.1 Å². The highest BCUT2D eigenvalue weighted by molar-refractivity contribution is 9.10. The third-order valence-corrected chi connectivity index (χ3v) is 11.2. The number of anilines is 2. The Morgan fingerprint density at radius 3 is 2.22 bits per heavy atom. The Hall–Kier alpha value is -3.68. The van der Waals surface area contributed by atoms with Crippen LogP contribution in [0.15, 0.2) is 87.1 Å². The van der Waals surface area contributed by atoms with Gasteiger partial charge in [0.1, 0.15) is 11.8 Å². The minimum Gasteiger partial charge on any atom is -0.325 e. The lowest BCUT2D eigenvalue weighted by Gasteiger charge is -2.31. The number of hydrogen-bond donors (Lipinski definition) is 1. The Labute approximate surface area is 278 Å². The maximum absolute atomic E-state index is 14.1. The molecule has 0 spiro atoms. The lowest BCUT2D eigenvalue weighted by atomic mass is 9.81. The lowest BCUT2D eigenvalue weighted by molar-refractivity contribution is -0.137. The summed E-state index contributed by atoms with van der Waals surface area (Å²) in [5, 5.41) is 1.96. The number of hydrogen-bond acceptors (Lipinski definition) is 6. The van der Waals surface area contributed by atoms with Crippen LogP contribution < -0.4 is 15.1 Å². The van der Waals surface area contributed by atoms with Gasteiger partial charge in [-0.1, -0.05) is 90.1 Å². The number of carbonyl (C=O) groups is 3. The van der Waals surface area contributed by atoms with E-state index in [1.807, 2.05) is 24.3 Å². The molecule has 1 fully saturated rings. The Bertz CT molecular complexity index is 1910. The molecule has 0 bridgehead atoms. The Kier molecular flexibility index (Phi) is 8.31. The third kappa shape index (κ3) is 5.95. The van der Waals surface area contributed by atoms with Crippen LogP contribution in [0.3, 0.4) is 0 Å². The lowest BCUT2D eigenvalue weighted by Crippen LogP contribution is -2.33. The number of alkyl halides is 3. The number of fused-ring (bicyclic) bond motifs is 2. The van der Waals surface area contributed by atoms with Crippen molar-refractivity contribution in [3.8, 4) is 0 Å². The molecule has 3 heterocycles. The maximum atomic E-state index is 14.1. The van der Waals surface area contributed by atoms with Crippen molar-refractivity contribution in [1.82, 2.24) is 4.57 Å². The Balaban J connectivity index is 1.39. The zero-order valence-corrected chi connectivity index (χ0v) is 27.9. The highest BCUT2D eigenvalue weighted by atomic mass is 79.9. The van der Waals surface area contributed by atoms with E-state index in [-0.39, 0.29) is 17.0 Å². The fraction of sp³-hybridized carbons (Fsp3) is 0.273. The van der Waals surface area contributed by atoms with Gasteiger partial charge in [0.25, 0.3) is 0 Å². The molecule has 3 atom stereocenters. The number of benzene rings is 3. The zero-order chi connectivity index (χ0) is 33.1. The van der Waals surface area contributed by atoms with Crippen LogP contribution in [0, 0.1) is 5.92 Å². The minimum absolute atomic E-state index is 0.0665. The van der Waals surface area contributed by atoms with E-state index >= 15 is 0 Å². The quantitative estimate of drug-likeness (QED) is 0.216. The largest absolute Gasteiger partial charge is 0.416 e. The smallest absolute Gasteiger partial charge is 0.325 e. The number of imide groups is 1. The van der Waals surface area contributed by atoms with Crippen LogP contribution in [0.2, 0.25) is 0 Å². The molecule has 0 saturated carbocycles. The van der Waals surface area contributed by atoms with Gasteiger partial charge in [0.15, 0.2) is 0 Å². The van der Waals surface area contributed by atoms with Gasteiger partial charge in [0.2, 0.25) is 17.7 Å². The van der Waals surface area contributed by atoms with E-state index in [4.69, 9.17) is 0 Å². The minimum atomic E-state index is -4.59. The second-order valence-corrected chi connectivity index (χ2v) is 15.2. The summed E-state index contributed by atoms with van der Waals surface area (Å²) in [6.07, 6.45) is -4.59. The zero-order valence-electron chi connectivity index (χ0n) is 24.7. The number of halogens is 4. The van der Waals surface area contributed by atoms with Crippen molar-refractivity contribution in [2.24, 2.45) is 5.92 Å². The highest BCUT2D eigenvalue weighted by Crippen LogP contribution is 2.54. The SMILES string of the molecule is CC(C)(C)c1ccc([C@H]2c3sc(=O)n(CC(=O)Nc4cccc(C(F)(F)F)c4)c3SC3C(=O)N(c4ccc(Br)cc4)C(=O)C32)cc1. The third-order valence-electron chi connectivity index (χ3n) is 8.05. The first-order valence-corrected chi connectivity index (χ1v) is 16.7. The summed E-state index contributed by atoms with van der Waals surface area (Å²) in [5.74, 6) is -2.96. The summed E-state index contributed by atoms with van der Waals surface area (Å²) < 4.78 is 41.7. The molecule has 0 aliphatic carbocycles. The fourth-order valence-electron chi connectivity index (χ4n) is 5.77. The number of thioether (sulfide) groups is 1. The molecule has 1 aromatic heterocycles. The summed E-state index contributed by atoms with van der Waals surface area (Å²) >= 11 is 5.36. The van der Waals surface area contributed by atoms with Gasteiger partial charge in [-0.05, 0) is 59.0 Å². The van der Waals surface area contributed by atoms with Crippen LogP contribution in [-0.4, -0.2) is 27.5 Å². The number of rotatable bonds is 5. The number of nitrogens with one attached hydrogen (secondary N) is 1. The molecule has 2 aliphatic rings. The number of aromatic nitrogens is 1. The second-order valence-electron chi connectivity index (χ2n) is 12.2. The number of thiazole rings is 1. The van der Waals surface area contributed by atoms with E-state index in [1.54, 1.807) is 24.3 Å². The molecule has 13 heteroatoms. The molecule has 4 aromatic rings. The fourth-order valence-corrected chi connectivity index (χ4v) is 8.80. The van der Waals surface area contributed by atoms with E-state index in [0.717, 1.165) is 50.8 Å². The predicted octanol–water partition coefficient (Wildman–Crippen LogP) is 7.42. The highest BCUT2D eigenvalue weighted by Gasteiger charge is 2.56. The molecule has 46 heavy (non-hydrogen) atoms. The summed E-state index contributed by atoms with van der Waals surface area (Å²) in [5.41, 5.74) is 1.13. The molecule has 1 N–H and O–H groups in total. The summed E-state index contributed by atoms with van der Waals surface area (Å²) in [7, 11) is 0. The van der Waals surface area contributed by atoms with Crippen LogP contribution in [-0.2, 0) is 32.5 Å². The van der Waals surface area contributed by atoms with E-state index in [2.05, 4.69) is 42.0 Å². The molecule has 2 unspecified atom stereocenters. The van der Waals surface area contributed by atoms with Crippen molar-refractivity contribution in [2.75, 3.05) is 10.2 Å². The van der Waals surface area contributed by atoms with Crippen LogP contribution >= 0.6 is 39.0 Å². The van der Waals surface area contributed by atoms with Crippen molar-refractivity contribution < 1.29 is 27.6 Å². The van der Waals surface area contributed by atoms with E-state index in [0.29, 0.717) is 15.6 Å². The molecular formula is C33H27BrF3N3O4S2. The molecule has 3 amide bonds. The topological polar surface area (TPSA) is 88.5 Å². The standard InChI is InChI=1S/C33H27BrF3N3O4S2/c1-32(2,3)18-9-7-17(8-10-18)24-25-26(29(43)40(28(25)42)22-13-11-20(34)12-14-22)45-30-27(24)46-31(44)39(30)16-23(41)38-21-6-4-5-19(15-21)33(35,36)37/h4-15,24-26H,16H2,1-3H3,(H,38,41)/t24-,25?,26?/m1/s1. The van der Waals surface area contributed by atoms with E-state index < -0.39 is 52.1 Å². The van der Waals surface area contributed by atoms with Crippen molar-refractivity contribution in [3.05, 3.63) is 109 Å². The molecule has 3 aromatic carbocycles. The molecule has 0 radical (unpaired) electrons.